The third-order valence-electron chi connectivity index (χ3n) is 24.2. The van der Waals surface area contributed by atoms with Gasteiger partial charge in [-0.3, -0.25) is 38.0 Å². The molecule has 0 aromatic carbocycles. The quantitative estimate of drug-likeness (QED) is 0.0571. The highest BCUT2D eigenvalue weighted by molar-refractivity contribution is 5.92. The van der Waals surface area contributed by atoms with E-state index in [1.54, 1.807) is 43.3 Å². The smallest absolute Gasteiger partial charge is 0.276 e. The van der Waals surface area contributed by atoms with Gasteiger partial charge in [-0.25, -0.2) is 15.0 Å². The van der Waals surface area contributed by atoms with E-state index in [9.17, 15) is 24.0 Å². The van der Waals surface area contributed by atoms with Crippen molar-refractivity contribution < 1.29 is 28.6 Å². The van der Waals surface area contributed by atoms with Gasteiger partial charge >= 0.3 is 0 Å². The predicted octanol–water partition coefficient (Wildman–Crippen LogP) is 6.33. The third kappa shape index (κ3) is 11.1. The Balaban J connectivity index is 0.000000115. The van der Waals surface area contributed by atoms with Gasteiger partial charge in [-0.1, -0.05) is 26.7 Å². The maximum Gasteiger partial charge on any atom is 0.276 e. The SMILES string of the molecule is C=CC(=O)N1CC2C(C1)C2Cn1cc(Nc2cn(C)nc2OC)c2ncn(C34CC(C3)C4)c2c1=O.C=CC(=O)N1CC2C(C1)C2Cn1cc(Nc2cn(C)nc2OC)c2ncn(C3CCC3)c2c1=O.C=CC(=O)NC1CN(c2nc(Nc3cn(C45CC(C4)C5)nc3OC)c3ncn(C)c3n2)CC1C. The summed E-state index contributed by atoms with van der Waals surface area (Å²) in [5.74, 6) is 6.97. The summed E-state index contributed by atoms with van der Waals surface area (Å²) in [6, 6.07) is 0.326. The molecule has 6 atom stereocenters. The fourth-order valence-corrected chi connectivity index (χ4v) is 17.9. The van der Waals surface area contributed by atoms with Crippen molar-refractivity contribution in [3.63, 3.8) is 0 Å². The second-order valence-corrected chi connectivity index (χ2v) is 30.5. The Hall–Kier alpha value is -10.8. The van der Waals surface area contributed by atoms with Crippen molar-refractivity contribution in [1.82, 2.24) is 92.2 Å². The summed E-state index contributed by atoms with van der Waals surface area (Å²) in [4.78, 5) is 92.5. The van der Waals surface area contributed by atoms with Crippen LogP contribution in [-0.4, -0.2) is 171 Å². The van der Waals surface area contributed by atoms with Crippen molar-refractivity contribution in [2.24, 2.45) is 74.4 Å². The highest BCUT2D eigenvalue weighted by Crippen LogP contribution is 2.64. The molecule has 12 heterocycles. The monoisotopic (exact) mass is 1400 g/mol. The number of fused-ring (bicyclic) bond motifs is 5. The fourth-order valence-electron chi connectivity index (χ4n) is 17.9. The number of imidazole rings is 3. The van der Waals surface area contributed by atoms with Crippen LogP contribution in [0.25, 0.3) is 33.2 Å². The lowest BCUT2D eigenvalue weighted by atomic mass is 9.49. The normalized spacial score (nSPS) is 27.0. The predicted molar refractivity (Wildman–Crippen MR) is 384 cm³/mol. The number of pyridine rings is 2. The Morgan fingerprint density at radius 3 is 1.60 bits per heavy atom. The summed E-state index contributed by atoms with van der Waals surface area (Å²) < 4.78 is 31.6. The average Bonchev–Trinajstić information content (AvgIpc) is 1.68. The van der Waals surface area contributed by atoms with Crippen molar-refractivity contribution in [3.05, 3.63) is 109 Å². The second kappa shape index (κ2) is 24.8. The minimum Gasteiger partial charge on any atom is -0.478 e. The first kappa shape index (κ1) is 65.6. The zero-order valence-corrected chi connectivity index (χ0v) is 59.1. The van der Waals surface area contributed by atoms with Gasteiger partial charge in [0.2, 0.25) is 23.7 Å². The van der Waals surface area contributed by atoms with Gasteiger partial charge in [0.1, 0.15) is 39.1 Å². The highest BCUT2D eigenvalue weighted by Gasteiger charge is 2.61. The Morgan fingerprint density at radius 2 is 1.10 bits per heavy atom. The summed E-state index contributed by atoms with van der Waals surface area (Å²) in [6.45, 7) is 18.5. The van der Waals surface area contributed by atoms with Crippen molar-refractivity contribution >= 4 is 91.2 Å². The molecule has 0 spiro atoms. The Kier molecular flexibility index (Phi) is 15.8. The Labute approximate surface area is 592 Å². The van der Waals surface area contributed by atoms with Crippen LogP contribution in [0.15, 0.2) is 97.5 Å². The summed E-state index contributed by atoms with van der Waals surface area (Å²) in [6.07, 6.45) is 29.2. The molecule has 3 aliphatic heterocycles. The molecule has 12 fully saturated rings. The largest absolute Gasteiger partial charge is 0.478 e. The number of aryl methyl sites for hydroxylation is 3. The number of likely N-dealkylation sites (tertiary alicyclic amines) is 2. The van der Waals surface area contributed by atoms with Crippen molar-refractivity contribution in [2.75, 3.05) is 81.4 Å². The lowest BCUT2D eigenvalue weighted by Crippen LogP contribution is -2.59. The van der Waals surface area contributed by atoms with Crippen molar-refractivity contribution in [2.45, 2.75) is 101 Å². The summed E-state index contributed by atoms with van der Waals surface area (Å²) in [7, 11) is 10.4. The Morgan fingerprint density at radius 1 is 0.583 bits per heavy atom. The molecule has 4 bridgehead atoms. The molecule has 3 saturated heterocycles. The molecule has 9 aliphatic carbocycles. The molecule has 103 heavy (non-hydrogen) atoms. The average molecular weight is 1400 g/mol. The maximum atomic E-state index is 13.8. The van der Waals surface area contributed by atoms with E-state index in [0.717, 1.165) is 111 Å². The van der Waals surface area contributed by atoms with Crippen LogP contribution in [-0.2, 0) is 59.7 Å². The lowest BCUT2D eigenvalue weighted by molar-refractivity contribution is -0.126. The highest BCUT2D eigenvalue weighted by atomic mass is 16.5. The van der Waals surface area contributed by atoms with Crippen molar-refractivity contribution in [3.8, 4) is 17.6 Å². The summed E-state index contributed by atoms with van der Waals surface area (Å²) in [5, 5.41) is 26.6. The molecule has 0 radical (unpaired) electrons. The molecule has 21 rings (SSSR count). The number of carbonyl (C=O) groups excluding carboxylic acids is 3. The first-order valence-electron chi connectivity index (χ1n) is 35.8. The van der Waals surface area contributed by atoms with Crippen LogP contribution >= 0.6 is 0 Å². The van der Waals surface area contributed by atoms with E-state index >= 15 is 0 Å². The fraction of sp³-hybridized carbons (Fsp3) is 0.514. The van der Waals surface area contributed by atoms with Crippen LogP contribution in [0.4, 0.5) is 40.2 Å². The number of ether oxygens (including phenoxy) is 3. The number of carbonyl (C=O) groups is 3. The van der Waals surface area contributed by atoms with Gasteiger partial charge in [-0.05, 0) is 129 Å². The van der Waals surface area contributed by atoms with Crippen LogP contribution in [0.1, 0.15) is 70.8 Å². The van der Waals surface area contributed by atoms with Crippen LogP contribution in [0.5, 0.6) is 17.6 Å². The molecule has 3 amide bonds. The first-order valence-corrected chi connectivity index (χ1v) is 35.8. The molecular weight excluding hydrogens is 1310 g/mol. The van der Waals surface area contributed by atoms with Crippen LogP contribution in [0.2, 0.25) is 0 Å². The third-order valence-corrected chi connectivity index (χ3v) is 24.2. The molecule has 9 aromatic rings. The molecule has 31 heteroatoms. The number of methoxy groups -OCH3 is 3. The number of hydrogen-bond donors (Lipinski definition) is 4. The van der Waals surface area contributed by atoms with E-state index in [2.05, 4.69) is 86.8 Å². The van der Waals surface area contributed by atoms with E-state index in [1.807, 2.05) is 82.0 Å². The van der Waals surface area contributed by atoms with Gasteiger partial charge < -0.3 is 73.0 Å². The molecular formula is C72H87N23O8. The topological polar surface area (TPSA) is 313 Å². The number of hydrogen-bond acceptors (Lipinski definition) is 20. The zero-order valence-electron chi connectivity index (χ0n) is 59.1. The van der Waals surface area contributed by atoms with Gasteiger partial charge in [-0.2, -0.15) is 9.97 Å². The van der Waals surface area contributed by atoms with E-state index in [0.29, 0.717) is 118 Å². The van der Waals surface area contributed by atoms with Gasteiger partial charge in [0, 0.05) is 97.5 Å². The van der Waals surface area contributed by atoms with Gasteiger partial charge in [0.05, 0.1) is 81.9 Å². The number of anilines is 7. The number of piperidine rings is 2. The van der Waals surface area contributed by atoms with Gasteiger partial charge in [-0.15, -0.1) is 15.3 Å². The van der Waals surface area contributed by atoms with Crippen LogP contribution < -0.4 is 51.5 Å². The number of aromatic nitrogens is 16. The van der Waals surface area contributed by atoms with E-state index < -0.39 is 0 Å². The molecule has 31 nitrogen and oxygen atoms in total. The Bertz CT molecular complexity index is 5020. The summed E-state index contributed by atoms with van der Waals surface area (Å²) in [5.41, 5.74) is 8.01. The molecule has 12 aliphatic rings. The molecule has 9 saturated carbocycles. The minimum atomic E-state index is -0.170. The second-order valence-electron chi connectivity index (χ2n) is 30.5. The number of amides is 3. The van der Waals surface area contributed by atoms with Crippen LogP contribution in [0, 0.1) is 53.3 Å². The molecule has 9 aromatic heterocycles. The van der Waals surface area contributed by atoms with Crippen LogP contribution in [0.3, 0.4) is 0 Å². The number of nitrogens with zero attached hydrogens (tertiary/aromatic N) is 19. The lowest BCUT2D eigenvalue weighted by Gasteiger charge is -2.62. The zero-order chi connectivity index (χ0) is 71.2. The van der Waals surface area contributed by atoms with E-state index in [-0.39, 0.29) is 51.9 Å². The molecule has 6 unspecified atom stereocenters. The standard InChI is InChI=1S/C25H29N7O3.C24H29N7O3.C23H29N9O2/c1-4-20(33)30-8-15-16(9-30)17(15)10-31-12-18(27-19-11-29(2)28-23(19)35-3)21-22(24(31)34)32(13-26-21)25-5-14(6-25)7-25;1-4-20(32)29-8-15-16(9-29)17(15)10-30-12-18(26-19-11-28(2)27-23(19)34-3)21-22(24(30)33)31(13-25-21)14-6-5-7-14;1-5-17(33)25-15-10-31(9-13(15)2)22-27-19(18-20(28-22)30(3)12-24-18)26-16-11-32(29-21(16)34-4)23-6-14(7-23)8-23/h4,11-17,27H,1,5-10H2,2-3H3;4,11-17,26H,1,5-10H2,2-3H3;5,11-15H,1,6-10H2,2-4H3,(H,25,33)(H,26,27,28). The number of nitrogens with one attached hydrogen (secondary N) is 4. The summed E-state index contributed by atoms with van der Waals surface area (Å²) >= 11 is 0. The first-order chi connectivity index (χ1) is 49.8. The van der Waals surface area contributed by atoms with E-state index in [1.165, 1.54) is 43.9 Å². The maximum absolute atomic E-state index is 13.8. The minimum absolute atomic E-state index is 0.000829. The van der Waals surface area contributed by atoms with Gasteiger partial charge in [0.15, 0.2) is 17.0 Å². The molecule has 538 valence electrons. The van der Waals surface area contributed by atoms with Crippen molar-refractivity contribution in [1.29, 1.82) is 0 Å². The molecule has 4 N–H and O–H groups in total. The number of rotatable bonds is 21. The van der Waals surface area contributed by atoms with E-state index in [4.69, 9.17) is 34.3 Å². The van der Waals surface area contributed by atoms with Gasteiger partial charge in [0.25, 0.3) is 28.8 Å².